The molecule has 2 amide bonds. The molecular formula is C20H21FN2O3. The average Bonchev–Trinajstić information content (AvgIpc) is 2.60. The number of ether oxygens (including phenoxy) is 1. The first kappa shape index (κ1) is 19.2. The van der Waals surface area contributed by atoms with Crippen LogP contribution in [-0.2, 0) is 4.79 Å². The Morgan fingerprint density at radius 2 is 1.88 bits per heavy atom. The summed E-state index contributed by atoms with van der Waals surface area (Å²) in [4.78, 5) is 23.7. The maximum Gasteiger partial charge on any atom is 0.336 e. The minimum Gasteiger partial charge on any atom is -0.423 e. The molecule has 6 heteroatoms. The molecule has 0 radical (unpaired) electrons. The van der Waals surface area contributed by atoms with Crippen LogP contribution in [0.15, 0.2) is 54.6 Å². The number of allylic oxidation sites excluding steroid dienone is 1. The zero-order chi connectivity index (χ0) is 18.9. The smallest absolute Gasteiger partial charge is 0.336 e. The number of benzene rings is 2. The van der Waals surface area contributed by atoms with E-state index < -0.39 is 5.97 Å². The number of carbonyl (C=O) groups excluding carboxylic acids is 2. The highest BCUT2D eigenvalue weighted by molar-refractivity contribution is 5.93. The van der Waals surface area contributed by atoms with Gasteiger partial charge in [0.15, 0.2) is 0 Å². The van der Waals surface area contributed by atoms with Gasteiger partial charge >= 0.3 is 12.0 Å². The molecule has 0 fully saturated rings. The number of amides is 2. The number of anilines is 1. The van der Waals surface area contributed by atoms with Gasteiger partial charge in [0.2, 0.25) is 0 Å². The molecule has 2 aromatic carbocycles. The summed E-state index contributed by atoms with van der Waals surface area (Å²) in [6.45, 7) is 4.28. The van der Waals surface area contributed by atoms with Crippen molar-refractivity contribution in [3.05, 3.63) is 66.0 Å². The Morgan fingerprint density at radius 1 is 1.15 bits per heavy atom. The van der Waals surface area contributed by atoms with E-state index in [1.54, 1.807) is 43.3 Å². The van der Waals surface area contributed by atoms with Crippen LogP contribution in [0.1, 0.15) is 25.8 Å². The van der Waals surface area contributed by atoms with E-state index in [0.29, 0.717) is 23.6 Å². The summed E-state index contributed by atoms with van der Waals surface area (Å²) in [6.07, 6.45) is 2.17. The van der Waals surface area contributed by atoms with Crippen LogP contribution in [0.3, 0.4) is 0 Å². The minimum absolute atomic E-state index is 0.312. The van der Waals surface area contributed by atoms with Crippen LogP contribution >= 0.6 is 0 Å². The lowest BCUT2D eigenvalue weighted by Crippen LogP contribution is -2.29. The zero-order valence-electron chi connectivity index (χ0n) is 14.7. The van der Waals surface area contributed by atoms with Gasteiger partial charge in [0, 0.05) is 24.4 Å². The Bertz CT molecular complexity index is 801. The quantitative estimate of drug-likeness (QED) is 0.459. The standard InChI is InChI=1S/C20H21FN2O3/c1-3-11-22-20(25)23-17-5-4-6-18(13-17)26-19(24)12-14(2)15-7-9-16(21)10-8-15/h4-10,12-13H,3,11H2,1-2H3,(H2,22,23,25)/b14-12-. The monoisotopic (exact) mass is 356 g/mol. The highest BCUT2D eigenvalue weighted by Gasteiger charge is 2.06. The van der Waals surface area contributed by atoms with Crippen LogP contribution in [0.5, 0.6) is 5.75 Å². The van der Waals surface area contributed by atoms with Crippen LogP contribution in [0, 0.1) is 5.82 Å². The second-order valence-corrected chi connectivity index (χ2v) is 5.66. The van der Waals surface area contributed by atoms with Gasteiger partial charge in [-0.05, 0) is 48.7 Å². The molecule has 0 heterocycles. The lowest BCUT2D eigenvalue weighted by atomic mass is 10.1. The van der Waals surface area contributed by atoms with E-state index in [1.165, 1.54) is 18.2 Å². The fourth-order valence-electron chi connectivity index (χ4n) is 2.17. The van der Waals surface area contributed by atoms with Crippen LogP contribution < -0.4 is 15.4 Å². The molecule has 2 rings (SSSR count). The first-order valence-corrected chi connectivity index (χ1v) is 8.29. The summed E-state index contributed by atoms with van der Waals surface area (Å²) in [5.74, 6) is -0.581. The third-order valence-corrected chi connectivity index (χ3v) is 3.48. The van der Waals surface area contributed by atoms with Crippen molar-refractivity contribution in [2.75, 3.05) is 11.9 Å². The first-order valence-electron chi connectivity index (χ1n) is 8.29. The highest BCUT2D eigenvalue weighted by atomic mass is 19.1. The summed E-state index contributed by atoms with van der Waals surface area (Å²) in [6, 6.07) is 12.1. The van der Waals surface area contributed by atoms with Crippen LogP contribution in [-0.4, -0.2) is 18.5 Å². The van der Waals surface area contributed by atoms with Crippen LogP contribution in [0.4, 0.5) is 14.9 Å². The molecule has 0 bridgehead atoms. The number of rotatable bonds is 6. The van der Waals surface area contributed by atoms with Crippen molar-refractivity contribution in [3.63, 3.8) is 0 Å². The number of esters is 1. The lowest BCUT2D eigenvalue weighted by Gasteiger charge is -2.08. The van der Waals surface area contributed by atoms with E-state index in [0.717, 1.165) is 12.0 Å². The Labute approximate surface area is 151 Å². The van der Waals surface area contributed by atoms with Gasteiger partial charge in [0.05, 0.1) is 0 Å². The molecule has 0 aliphatic rings. The van der Waals surface area contributed by atoms with E-state index in [9.17, 15) is 14.0 Å². The van der Waals surface area contributed by atoms with Gasteiger partial charge < -0.3 is 15.4 Å². The molecule has 0 spiro atoms. The number of nitrogens with one attached hydrogen (secondary N) is 2. The Morgan fingerprint density at radius 3 is 2.58 bits per heavy atom. The van der Waals surface area contributed by atoms with Gasteiger partial charge in [-0.3, -0.25) is 0 Å². The molecule has 0 saturated carbocycles. The maximum atomic E-state index is 13.0. The van der Waals surface area contributed by atoms with Crippen LogP contribution in [0.2, 0.25) is 0 Å². The van der Waals surface area contributed by atoms with Gasteiger partial charge in [-0.25, -0.2) is 14.0 Å². The van der Waals surface area contributed by atoms with Crippen molar-refractivity contribution in [1.82, 2.24) is 5.32 Å². The Kier molecular flexibility index (Phi) is 6.91. The highest BCUT2D eigenvalue weighted by Crippen LogP contribution is 2.19. The fraction of sp³-hybridized carbons (Fsp3) is 0.200. The second-order valence-electron chi connectivity index (χ2n) is 5.66. The van der Waals surface area contributed by atoms with Gasteiger partial charge in [0.25, 0.3) is 0 Å². The van der Waals surface area contributed by atoms with Crippen molar-refractivity contribution in [3.8, 4) is 5.75 Å². The van der Waals surface area contributed by atoms with Crippen molar-refractivity contribution in [1.29, 1.82) is 0 Å². The van der Waals surface area contributed by atoms with E-state index in [1.807, 2.05) is 6.92 Å². The topological polar surface area (TPSA) is 67.4 Å². The molecule has 136 valence electrons. The average molecular weight is 356 g/mol. The SMILES string of the molecule is CCCNC(=O)Nc1cccc(OC(=O)/C=C(/C)c2ccc(F)cc2)c1. The van der Waals surface area contributed by atoms with Crippen molar-refractivity contribution in [2.45, 2.75) is 20.3 Å². The molecule has 5 nitrogen and oxygen atoms in total. The maximum absolute atomic E-state index is 13.0. The number of hydrogen-bond acceptors (Lipinski definition) is 3. The number of urea groups is 1. The molecule has 2 N–H and O–H groups in total. The molecule has 0 atom stereocenters. The Hall–Kier alpha value is -3.15. The Balaban J connectivity index is 2.00. The van der Waals surface area contributed by atoms with Gasteiger partial charge in [-0.15, -0.1) is 0 Å². The van der Waals surface area contributed by atoms with Gasteiger partial charge in [0.1, 0.15) is 11.6 Å². The van der Waals surface area contributed by atoms with E-state index >= 15 is 0 Å². The minimum atomic E-state index is -0.556. The van der Waals surface area contributed by atoms with E-state index in [-0.39, 0.29) is 11.8 Å². The number of hydrogen-bond donors (Lipinski definition) is 2. The predicted octanol–water partition coefficient (Wildman–Crippen LogP) is 4.37. The number of halogens is 1. The molecule has 2 aromatic rings. The predicted molar refractivity (Wildman–Crippen MR) is 99.4 cm³/mol. The van der Waals surface area contributed by atoms with Gasteiger partial charge in [-0.1, -0.05) is 25.1 Å². The lowest BCUT2D eigenvalue weighted by molar-refractivity contribution is -0.128. The largest absolute Gasteiger partial charge is 0.423 e. The van der Waals surface area contributed by atoms with Crippen molar-refractivity contribution in [2.24, 2.45) is 0 Å². The summed E-state index contributed by atoms with van der Waals surface area (Å²) >= 11 is 0. The second kappa shape index (κ2) is 9.36. The zero-order valence-corrected chi connectivity index (χ0v) is 14.7. The third-order valence-electron chi connectivity index (χ3n) is 3.48. The van der Waals surface area contributed by atoms with Crippen molar-refractivity contribution < 1.29 is 18.7 Å². The third kappa shape index (κ3) is 6.05. The molecule has 26 heavy (non-hydrogen) atoms. The molecule has 0 aromatic heterocycles. The summed E-state index contributed by atoms with van der Waals surface area (Å²) in [7, 11) is 0. The molecule has 0 unspecified atom stereocenters. The summed E-state index contributed by atoms with van der Waals surface area (Å²) in [5.41, 5.74) is 1.90. The van der Waals surface area contributed by atoms with Crippen molar-refractivity contribution >= 4 is 23.3 Å². The number of carbonyl (C=O) groups is 2. The summed E-state index contributed by atoms with van der Waals surface area (Å²) in [5, 5.41) is 5.37. The molecule has 0 saturated heterocycles. The molecule has 0 aliphatic heterocycles. The van der Waals surface area contributed by atoms with Crippen LogP contribution in [0.25, 0.3) is 5.57 Å². The summed E-state index contributed by atoms with van der Waals surface area (Å²) < 4.78 is 18.2. The van der Waals surface area contributed by atoms with E-state index in [4.69, 9.17) is 4.74 Å². The molecular weight excluding hydrogens is 335 g/mol. The first-order chi connectivity index (χ1) is 12.5. The molecule has 0 aliphatic carbocycles. The normalized spacial score (nSPS) is 11.0. The van der Waals surface area contributed by atoms with Gasteiger partial charge in [-0.2, -0.15) is 0 Å². The fourth-order valence-corrected chi connectivity index (χ4v) is 2.17. The van der Waals surface area contributed by atoms with E-state index in [2.05, 4.69) is 10.6 Å².